The van der Waals surface area contributed by atoms with Gasteiger partial charge in [-0.3, -0.25) is 14.7 Å². The lowest BCUT2D eigenvalue weighted by Gasteiger charge is -2.39. The zero-order valence-corrected chi connectivity index (χ0v) is 19.8. The van der Waals surface area contributed by atoms with E-state index in [-0.39, 0.29) is 17.9 Å². The van der Waals surface area contributed by atoms with Gasteiger partial charge in [0.1, 0.15) is 6.10 Å². The molecule has 4 heterocycles. The van der Waals surface area contributed by atoms with Crippen LogP contribution in [0.15, 0.2) is 79.1 Å². The third-order valence-corrected chi connectivity index (χ3v) is 7.28. The van der Waals surface area contributed by atoms with Gasteiger partial charge in [-0.2, -0.15) is 0 Å². The Bertz CT molecular complexity index is 1270. The van der Waals surface area contributed by atoms with Crippen molar-refractivity contribution in [2.75, 3.05) is 39.3 Å². The molecule has 2 aliphatic rings. The summed E-state index contributed by atoms with van der Waals surface area (Å²) in [5, 5.41) is 1.05. The van der Waals surface area contributed by atoms with Crippen LogP contribution in [0.25, 0.3) is 10.9 Å². The van der Waals surface area contributed by atoms with Crippen molar-refractivity contribution < 1.29 is 9.53 Å². The summed E-state index contributed by atoms with van der Waals surface area (Å²) >= 11 is 0. The van der Waals surface area contributed by atoms with E-state index < -0.39 is 0 Å². The van der Waals surface area contributed by atoms with Gasteiger partial charge in [-0.1, -0.05) is 42.5 Å². The molecule has 6 heteroatoms. The van der Waals surface area contributed by atoms with Gasteiger partial charge in [0.25, 0.3) is 0 Å². The van der Waals surface area contributed by atoms with E-state index in [4.69, 9.17) is 4.74 Å². The largest absolute Gasteiger partial charge is 0.371 e. The molecular weight excluding hydrogens is 436 g/mol. The zero-order chi connectivity index (χ0) is 23.6. The summed E-state index contributed by atoms with van der Waals surface area (Å²) in [6.07, 6.45) is 4.92. The van der Waals surface area contributed by atoms with E-state index in [2.05, 4.69) is 38.0 Å². The van der Waals surface area contributed by atoms with Gasteiger partial charge in [0.05, 0.1) is 18.3 Å². The molecule has 0 aliphatic carbocycles. The summed E-state index contributed by atoms with van der Waals surface area (Å²) in [5.41, 5.74) is 4.79. The van der Waals surface area contributed by atoms with Gasteiger partial charge in [-0.25, -0.2) is 0 Å². The third kappa shape index (κ3) is 4.78. The zero-order valence-electron chi connectivity index (χ0n) is 19.8. The number of rotatable bonds is 8. The predicted octanol–water partition coefficient (Wildman–Crippen LogP) is 4.09. The Labute approximate surface area is 205 Å². The van der Waals surface area contributed by atoms with E-state index in [0.717, 1.165) is 67.8 Å². The number of pyridine rings is 1. The monoisotopic (exact) mass is 466 g/mol. The van der Waals surface area contributed by atoms with Crippen LogP contribution in [0.2, 0.25) is 0 Å². The van der Waals surface area contributed by atoms with Crippen molar-refractivity contribution in [3.8, 4) is 0 Å². The number of carbonyl (C=O) groups excluding carboxylic acids is 1. The Morgan fingerprint density at radius 2 is 1.74 bits per heavy atom. The molecular formula is C29H30N4O2. The summed E-state index contributed by atoms with van der Waals surface area (Å²) in [6.45, 7) is 5.78. The van der Waals surface area contributed by atoms with Crippen LogP contribution < -0.4 is 0 Å². The molecule has 2 fully saturated rings. The lowest BCUT2D eigenvalue weighted by Crippen LogP contribution is -2.49. The maximum Gasteiger partial charge on any atom is 0.209 e. The van der Waals surface area contributed by atoms with Crippen LogP contribution >= 0.6 is 0 Å². The second kappa shape index (κ2) is 9.74. The topological polar surface area (TPSA) is 64.8 Å². The number of H-pyrrole nitrogens is 1. The SMILES string of the molecule is O=C(c1cc2ccccc2[nH]1)c1ccccc1C(C1CO1)N1CCN(CCc2ccncc2)CC1. The average molecular weight is 467 g/mol. The van der Waals surface area contributed by atoms with E-state index in [1.165, 1.54) is 5.56 Å². The van der Waals surface area contributed by atoms with E-state index in [9.17, 15) is 4.79 Å². The average Bonchev–Trinajstić information content (AvgIpc) is 3.65. The molecule has 2 aromatic heterocycles. The van der Waals surface area contributed by atoms with Crippen LogP contribution in [0.5, 0.6) is 0 Å². The van der Waals surface area contributed by atoms with E-state index in [1.54, 1.807) is 0 Å². The standard InChI is InChI=1S/C29H30N4O2/c34-29(26-19-22-5-1-4-8-25(22)31-26)24-7-3-2-6-23(24)28(27-20-35-27)33-17-15-32(16-18-33)14-11-21-9-12-30-13-10-21/h1-10,12-13,19,27-28,31H,11,14-18,20H2. The smallest absolute Gasteiger partial charge is 0.209 e. The van der Waals surface area contributed by atoms with E-state index in [0.29, 0.717) is 5.69 Å². The molecule has 1 N–H and O–H groups in total. The summed E-state index contributed by atoms with van der Waals surface area (Å²) in [6, 6.07) is 22.3. The van der Waals surface area contributed by atoms with Crippen molar-refractivity contribution >= 4 is 16.7 Å². The minimum absolute atomic E-state index is 0.0402. The van der Waals surface area contributed by atoms with Gasteiger partial charge in [-0.05, 0) is 41.8 Å². The Balaban J connectivity index is 1.19. The number of fused-ring (bicyclic) bond motifs is 1. The van der Waals surface area contributed by atoms with Crippen molar-refractivity contribution in [1.29, 1.82) is 0 Å². The van der Waals surface area contributed by atoms with Crippen LogP contribution in [0, 0.1) is 0 Å². The van der Waals surface area contributed by atoms with Crippen molar-refractivity contribution in [3.63, 3.8) is 0 Å². The van der Waals surface area contributed by atoms with Gasteiger partial charge in [-0.15, -0.1) is 0 Å². The number of hydrogen-bond acceptors (Lipinski definition) is 5. The molecule has 0 radical (unpaired) electrons. The quantitative estimate of drug-likeness (QED) is 0.313. The first-order valence-corrected chi connectivity index (χ1v) is 12.4. The summed E-state index contributed by atoms with van der Waals surface area (Å²) in [7, 11) is 0. The van der Waals surface area contributed by atoms with Crippen LogP contribution in [0.3, 0.4) is 0 Å². The number of carbonyl (C=O) groups is 1. The fourth-order valence-electron chi connectivity index (χ4n) is 5.27. The first-order chi connectivity index (χ1) is 17.3. The molecule has 0 bridgehead atoms. The fraction of sp³-hybridized carbons (Fsp3) is 0.310. The predicted molar refractivity (Wildman–Crippen MR) is 137 cm³/mol. The van der Waals surface area contributed by atoms with Gasteiger partial charge < -0.3 is 14.6 Å². The number of benzene rings is 2. The normalized spacial score (nSPS) is 19.6. The van der Waals surface area contributed by atoms with Gasteiger partial charge in [0.15, 0.2) is 0 Å². The fourth-order valence-corrected chi connectivity index (χ4v) is 5.27. The highest BCUT2D eigenvalue weighted by Gasteiger charge is 2.40. The molecule has 4 aromatic rings. The molecule has 2 saturated heterocycles. The summed E-state index contributed by atoms with van der Waals surface area (Å²) < 4.78 is 5.82. The lowest BCUT2D eigenvalue weighted by atomic mass is 9.93. The minimum Gasteiger partial charge on any atom is -0.371 e. The molecule has 2 unspecified atom stereocenters. The number of aromatic nitrogens is 2. The molecule has 6 nitrogen and oxygen atoms in total. The molecule has 6 rings (SSSR count). The van der Waals surface area contributed by atoms with Gasteiger partial charge in [0.2, 0.25) is 5.78 Å². The Kier molecular flexibility index (Phi) is 6.17. The number of hydrogen-bond donors (Lipinski definition) is 1. The number of para-hydroxylation sites is 1. The van der Waals surface area contributed by atoms with E-state index in [1.807, 2.05) is 60.9 Å². The highest BCUT2D eigenvalue weighted by molar-refractivity contribution is 6.11. The van der Waals surface area contributed by atoms with Crippen molar-refractivity contribution in [2.45, 2.75) is 18.6 Å². The second-order valence-corrected chi connectivity index (χ2v) is 9.49. The maximum absolute atomic E-state index is 13.6. The van der Waals surface area contributed by atoms with Crippen LogP contribution in [-0.2, 0) is 11.2 Å². The summed E-state index contributed by atoms with van der Waals surface area (Å²) in [4.78, 5) is 26.1. The third-order valence-electron chi connectivity index (χ3n) is 7.28. The number of piperazine rings is 1. The number of aromatic amines is 1. The number of ether oxygens (including phenoxy) is 1. The molecule has 2 atom stereocenters. The number of nitrogens with zero attached hydrogens (tertiary/aromatic N) is 3. The maximum atomic E-state index is 13.6. The van der Waals surface area contributed by atoms with Crippen molar-refractivity contribution in [1.82, 2.24) is 19.8 Å². The molecule has 0 spiro atoms. The number of nitrogens with one attached hydrogen (secondary N) is 1. The van der Waals surface area contributed by atoms with Crippen molar-refractivity contribution in [3.05, 3.63) is 102 Å². The van der Waals surface area contributed by atoms with Crippen LogP contribution in [-0.4, -0.2) is 71.0 Å². The molecule has 2 aromatic carbocycles. The molecule has 35 heavy (non-hydrogen) atoms. The highest BCUT2D eigenvalue weighted by Crippen LogP contribution is 2.36. The van der Waals surface area contributed by atoms with E-state index >= 15 is 0 Å². The Morgan fingerprint density at radius 1 is 1.00 bits per heavy atom. The molecule has 2 aliphatic heterocycles. The van der Waals surface area contributed by atoms with Crippen LogP contribution in [0.4, 0.5) is 0 Å². The molecule has 0 amide bonds. The minimum atomic E-state index is 0.0402. The number of epoxide rings is 1. The van der Waals surface area contributed by atoms with Gasteiger partial charge in [0, 0.05) is 61.6 Å². The van der Waals surface area contributed by atoms with Gasteiger partial charge >= 0.3 is 0 Å². The second-order valence-electron chi connectivity index (χ2n) is 9.49. The number of ketones is 1. The molecule has 0 saturated carbocycles. The summed E-state index contributed by atoms with van der Waals surface area (Å²) in [5.74, 6) is 0.0402. The first kappa shape index (κ1) is 22.2. The Hall–Kier alpha value is -3.32. The van der Waals surface area contributed by atoms with Crippen molar-refractivity contribution in [2.24, 2.45) is 0 Å². The highest BCUT2D eigenvalue weighted by atomic mass is 16.6. The van der Waals surface area contributed by atoms with Crippen LogP contribution in [0.1, 0.15) is 33.2 Å². The lowest BCUT2D eigenvalue weighted by molar-refractivity contribution is 0.0814. The molecule has 178 valence electrons. The Morgan fingerprint density at radius 3 is 2.51 bits per heavy atom. The first-order valence-electron chi connectivity index (χ1n) is 12.4.